The molecule has 12 atom stereocenters. The lowest BCUT2D eigenvalue weighted by Gasteiger charge is -2.46. The highest BCUT2D eigenvalue weighted by molar-refractivity contribution is 5.76. The number of hydrogen-bond acceptors (Lipinski definition) is 13. The molecule has 556 valence electrons. The van der Waals surface area contributed by atoms with Gasteiger partial charge in [0.05, 0.1) is 32.0 Å². The van der Waals surface area contributed by atoms with Crippen LogP contribution in [0.25, 0.3) is 0 Å². The zero-order valence-electron chi connectivity index (χ0n) is 60.8. The third kappa shape index (κ3) is 47.9. The first-order chi connectivity index (χ1) is 47.1. The van der Waals surface area contributed by atoms with E-state index in [4.69, 9.17) is 18.9 Å². The standard InChI is InChI=1S/C82H145NO13/c1-3-5-7-9-11-13-15-17-19-21-23-25-26-27-28-29-30-31-32-33-34-35-36-37-38-39-40-41-42-43-44-46-48-50-52-54-56-58-60-62-64-66-74(87)83-70(71(86)65-63-61-59-57-55-53-51-49-47-45-24-22-20-18-16-14-12-10-8-6-4-2)69-93-81-79(92)77(90)80(73(68-85)95-81)96-82-78(91)76(89)75(88)72(67-84)94-82/h5,7,11,13,17,19,23,25,27-28,47,49,55,57,63,65,70-73,75-82,84-86,88-92H,3-4,6,8-10,12,14-16,18,20-22,24,26,29-46,48,50-54,56,58-62,64,66-69H2,1-2H3,(H,83,87)/b7-5-,13-11-,19-17-,25-23-,28-27-,49-47+,57-55+,65-63+. The van der Waals surface area contributed by atoms with Crippen LogP contribution in [-0.2, 0) is 23.7 Å². The van der Waals surface area contributed by atoms with Gasteiger partial charge in [0, 0.05) is 6.42 Å². The molecule has 2 aliphatic rings. The normalized spacial score (nSPS) is 22.8. The summed E-state index contributed by atoms with van der Waals surface area (Å²) in [6, 6.07) is -0.941. The van der Waals surface area contributed by atoms with Crippen molar-refractivity contribution < 1.29 is 64.6 Å². The van der Waals surface area contributed by atoms with E-state index in [1.165, 1.54) is 212 Å². The number of rotatable bonds is 65. The van der Waals surface area contributed by atoms with Gasteiger partial charge in [-0.25, -0.2) is 0 Å². The van der Waals surface area contributed by atoms with Crippen molar-refractivity contribution in [2.24, 2.45) is 0 Å². The number of aliphatic hydroxyl groups excluding tert-OH is 8. The van der Waals surface area contributed by atoms with E-state index < -0.39 is 86.8 Å². The van der Waals surface area contributed by atoms with Crippen LogP contribution in [0.5, 0.6) is 0 Å². The molecule has 0 aromatic heterocycles. The van der Waals surface area contributed by atoms with Gasteiger partial charge in [-0.2, -0.15) is 0 Å². The van der Waals surface area contributed by atoms with Gasteiger partial charge < -0.3 is 65.1 Å². The molecule has 14 heteroatoms. The molecule has 2 saturated heterocycles. The van der Waals surface area contributed by atoms with Crippen molar-refractivity contribution >= 4 is 5.91 Å². The third-order valence-electron chi connectivity index (χ3n) is 18.7. The Morgan fingerprint density at radius 2 is 0.729 bits per heavy atom. The van der Waals surface area contributed by atoms with Crippen LogP contribution in [0.3, 0.4) is 0 Å². The Hall–Kier alpha value is -3.09. The van der Waals surface area contributed by atoms with Gasteiger partial charge in [-0.1, -0.05) is 323 Å². The van der Waals surface area contributed by atoms with Gasteiger partial charge >= 0.3 is 0 Å². The van der Waals surface area contributed by atoms with Gasteiger partial charge in [-0.15, -0.1) is 0 Å². The highest BCUT2D eigenvalue weighted by Gasteiger charge is 2.51. The minimum absolute atomic E-state index is 0.250. The molecule has 0 saturated carbocycles. The fourth-order valence-corrected chi connectivity index (χ4v) is 12.5. The van der Waals surface area contributed by atoms with Crippen molar-refractivity contribution in [3.05, 3.63) is 97.2 Å². The van der Waals surface area contributed by atoms with E-state index in [1.807, 2.05) is 6.08 Å². The molecule has 14 nitrogen and oxygen atoms in total. The fourth-order valence-electron chi connectivity index (χ4n) is 12.5. The predicted octanol–water partition coefficient (Wildman–Crippen LogP) is 17.7. The van der Waals surface area contributed by atoms with E-state index >= 15 is 0 Å². The Labute approximate surface area is 585 Å². The van der Waals surface area contributed by atoms with Gasteiger partial charge in [0.15, 0.2) is 12.6 Å². The average molecular weight is 1350 g/mol. The molecule has 0 radical (unpaired) electrons. The predicted molar refractivity (Wildman–Crippen MR) is 396 cm³/mol. The van der Waals surface area contributed by atoms with Crippen molar-refractivity contribution in [3.63, 3.8) is 0 Å². The molecule has 2 fully saturated rings. The lowest BCUT2D eigenvalue weighted by atomic mass is 9.97. The van der Waals surface area contributed by atoms with Gasteiger partial charge in [-0.3, -0.25) is 4.79 Å². The maximum atomic E-state index is 13.4. The Balaban J connectivity index is 1.58. The largest absolute Gasteiger partial charge is 0.394 e. The summed E-state index contributed by atoms with van der Waals surface area (Å²) in [5.41, 5.74) is 0. The van der Waals surface area contributed by atoms with Crippen LogP contribution < -0.4 is 5.32 Å². The van der Waals surface area contributed by atoms with Gasteiger partial charge in [0.1, 0.15) is 48.8 Å². The summed E-state index contributed by atoms with van der Waals surface area (Å²) in [4.78, 5) is 13.4. The lowest BCUT2D eigenvalue weighted by molar-refractivity contribution is -0.359. The maximum absolute atomic E-state index is 13.4. The Morgan fingerprint density at radius 1 is 0.385 bits per heavy atom. The monoisotopic (exact) mass is 1350 g/mol. The van der Waals surface area contributed by atoms with Gasteiger partial charge in [-0.05, 0) is 89.9 Å². The molecule has 2 rings (SSSR count). The molecular weight excluding hydrogens is 1210 g/mol. The van der Waals surface area contributed by atoms with Crippen LogP contribution in [0, 0.1) is 0 Å². The highest BCUT2D eigenvalue weighted by atomic mass is 16.7. The molecule has 1 amide bonds. The lowest BCUT2D eigenvalue weighted by Crippen LogP contribution is -2.65. The second kappa shape index (κ2) is 65.2. The molecule has 0 spiro atoms. The summed E-state index contributed by atoms with van der Waals surface area (Å²) < 4.78 is 22.9. The first-order valence-electron chi connectivity index (χ1n) is 39.5. The first kappa shape index (κ1) is 89.0. The van der Waals surface area contributed by atoms with Crippen LogP contribution in [0.15, 0.2) is 97.2 Å². The molecule has 0 aliphatic carbocycles. The van der Waals surface area contributed by atoms with E-state index in [1.54, 1.807) is 6.08 Å². The van der Waals surface area contributed by atoms with E-state index in [0.29, 0.717) is 12.8 Å². The number of hydrogen-bond donors (Lipinski definition) is 9. The number of ether oxygens (including phenoxy) is 4. The molecule has 0 aromatic rings. The van der Waals surface area contributed by atoms with Crippen molar-refractivity contribution in [3.8, 4) is 0 Å². The summed E-state index contributed by atoms with van der Waals surface area (Å²) in [5, 5.41) is 87.5. The van der Waals surface area contributed by atoms with E-state index in [2.05, 4.69) is 104 Å². The molecule has 9 N–H and O–H groups in total. The Bertz CT molecular complexity index is 1980. The van der Waals surface area contributed by atoms with Crippen molar-refractivity contribution in [1.82, 2.24) is 5.32 Å². The van der Waals surface area contributed by atoms with E-state index in [9.17, 15) is 45.6 Å². The quantitative estimate of drug-likeness (QED) is 0.0204. The zero-order valence-corrected chi connectivity index (χ0v) is 60.8. The van der Waals surface area contributed by atoms with Gasteiger partial charge in [0.2, 0.25) is 5.91 Å². The van der Waals surface area contributed by atoms with E-state index in [0.717, 1.165) is 77.0 Å². The number of amides is 1. The molecule has 96 heavy (non-hydrogen) atoms. The van der Waals surface area contributed by atoms with Gasteiger partial charge in [0.25, 0.3) is 0 Å². The highest BCUT2D eigenvalue weighted by Crippen LogP contribution is 2.30. The smallest absolute Gasteiger partial charge is 0.220 e. The number of carbonyl (C=O) groups excluding carboxylic acids is 1. The van der Waals surface area contributed by atoms with Crippen LogP contribution in [0.2, 0.25) is 0 Å². The van der Waals surface area contributed by atoms with Crippen LogP contribution in [0.4, 0.5) is 0 Å². The molecule has 2 heterocycles. The molecule has 12 unspecified atom stereocenters. The maximum Gasteiger partial charge on any atom is 0.220 e. The molecule has 0 aromatic carbocycles. The number of allylic oxidation sites excluding steroid dienone is 15. The topological polar surface area (TPSA) is 228 Å². The number of nitrogens with one attached hydrogen (secondary N) is 1. The Kier molecular flexibility index (Phi) is 60.5. The number of carbonyl (C=O) groups is 1. The minimum atomic E-state index is -1.80. The SMILES string of the molecule is CC/C=C\C/C=C\C/C=C\C/C=C\C/C=C\CCCCCCCCCCCCCCCCCCCCCCCCCCCC(=O)NC(COC1OC(CO)C(OC2OC(CO)C(O)C(O)C2O)C(O)C1O)C(O)/C=C/CC/C=C/CC/C=C/CCCCCCCCCCCCC. The third-order valence-corrected chi connectivity index (χ3v) is 18.7. The second-order valence-corrected chi connectivity index (χ2v) is 27.4. The zero-order chi connectivity index (χ0) is 69.4. The van der Waals surface area contributed by atoms with E-state index in [-0.39, 0.29) is 18.9 Å². The van der Waals surface area contributed by atoms with Crippen molar-refractivity contribution in [2.45, 2.75) is 396 Å². The van der Waals surface area contributed by atoms with Crippen LogP contribution in [0.1, 0.15) is 322 Å². The summed E-state index contributed by atoms with van der Waals surface area (Å²) in [5.74, 6) is -0.250. The summed E-state index contributed by atoms with van der Waals surface area (Å²) >= 11 is 0. The first-order valence-corrected chi connectivity index (χ1v) is 39.5. The molecular formula is C82H145NO13. The summed E-state index contributed by atoms with van der Waals surface area (Å²) in [6.45, 7) is 2.69. The summed E-state index contributed by atoms with van der Waals surface area (Å²) in [6.07, 6.45) is 76.4. The van der Waals surface area contributed by atoms with Crippen LogP contribution >= 0.6 is 0 Å². The average Bonchev–Trinajstić information content (AvgIpc) is 0.807. The minimum Gasteiger partial charge on any atom is -0.394 e. The van der Waals surface area contributed by atoms with Crippen LogP contribution in [-0.4, -0.2) is 140 Å². The summed E-state index contributed by atoms with van der Waals surface area (Å²) in [7, 11) is 0. The number of aliphatic hydroxyl groups is 8. The molecule has 2 aliphatic heterocycles. The Morgan fingerprint density at radius 3 is 1.15 bits per heavy atom. The molecule has 0 bridgehead atoms. The van der Waals surface area contributed by atoms with Crippen molar-refractivity contribution in [1.29, 1.82) is 0 Å². The second-order valence-electron chi connectivity index (χ2n) is 27.4. The fraction of sp³-hybridized carbons (Fsp3) is 0.793. The number of unbranched alkanes of at least 4 members (excludes halogenated alkanes) is 38. The van der Waals surface area contributed by atoms with Crippen molar-refractivity contribution in [2.75, 3.05) is 19.8 Å².